The van der Waals surface area contributed by atoms with E-state index < -0.39 is 0 Å². The van der Waals surface area contributed by atoms with E-state index in [1.807, 2.05) is 4.68 Å². The van der Waals surface area contributed by atoms with Crippen molar-refractivity contribution in [3.63, 3.8) is 0 Å². The van der Waals surface area contributed by atoms with Crippen LogP contribution >= 0.6 is 0 Å². The third-order valence-corrected chi connectivity index (χ3v) is 4.06. The van der Waals surface area contributed by atoms with E-state index in [9.17, 15) is 4.79 Å². The van der Waals surface area contributed by atoms with Crippen LogP contribution in [-0.4, -0.2) is 40.5 Å². The van der Waals surface area contributed by atoms with Crippen LogP contribution in [0.4, 0.5) is 0 Å². The van der Waals surface area contributed by atoms with Gasteiger partial charge in [0.25, 0.3) is 5.91 Å². The fourth-order valence-corrected chi connectivity index (χ4v) is 2.70. The summed E-state index contributed by atoms with van der Waals surface area (Å²) in [4.78, 5) is 12.1. The molecule has 0 unspecified atom stereocenters. The van der Waals surface area contributed by atoms with Crippen LogP contribution in [0.5, 0.6) is 0 Å². The number of amides is 1. The lowest BCUT2D eigenvalue weighted by Crippen LogP contribution is -2.29. The van der Waals surface area contributed by atoms with Gasteiger partial charge in [-0.2, -0.15) is 0 Å². The fraction of sp³-hybridized carbons (Fsp3) is 0.812. The Hall–Kier alpha value is -1.43. The van der Waals surface area contributed by atoms with Gasteiger partial charge in [-0.05, 0) is 44.2 Å². The highest BCUT2D eigenvalue weighted by Crippen LogP contribution is 2.21. The van der Waals surface area contributed by atoms with Crippen molar-refractivity contribution in [3.8, 4) is 0 Å². The first-order valence-corrected chi connectivity index (χ1v) is 8.36. The second kappa shape index (κ2) is 7.72. The van der Waals surface area contributed by atoms with Crippen molar-refractivity contribution in [2.45, 2.75) is 58.9 Å². The molecule has 1 fully saturated rings. The van der Waals surface area contributed by atoms with Crippen LogP contribution < -0.4 is 10.6 Å². The van der Waals surface area contributed by atoms with E-state index in [-0.39, 0.29) is 5.91 Å². The minimum atomic E-state index is -0.115. The van der Waals surface area contributed by atoms with Crippen molar-refractivity contribution in [3.05, 3.63) is 11.9 Å². The number of hydrogen-bond donors (Lipinski definition) is 2. The Labute approximate surface area is 133 Å². The molecule has 0 bridgehead atoms. The van der Waals surface area contributed by atoms with Gasteiger partial charge in [-0.1, -0.05) is 32.4 Å². The SMILES string of the molecule is CC(C)(C)CCCCNC(=O)c1cn(C2CCNCC2)nn1. The van der Waals surface area contributed by atoms with Crippen LogP contribution in [0.2, 0.25) is 0 Å². The number of piperidine rings is 1. The van der Waals surface area contributed by atoms with Gasteiger partial charge in [0.1, 0.15) is 0 Å². The van der Waals surface area contributed by atoms with Crippen molar-refractivity contribution in [2.24, 2.45) is 5.41 Å². The number of nitrogens with zero attached hydrogens (tertiary/aromatic N) is 3. The van der Waals surface area contributed by atoms with Gasteiger partial charge in [0.15, 0.2) is 5.69 Å². The summed E-state index contributed by atoms with van der Waals surface area (Å²) in [5.41, 5.74) is 0.788. The van der Waals surface area contributed by atoms with E-state index in [4.69, 9.17) is 0 Å². The maximum absolute atomic E-state index is 12.1. The second-order valence-electron chi connectivity index (χ2n) is 7.34. The first kappa shape index (κ1) is 16.9. The van der Waals surface area contributed by atoms with Crippen molar-refractivity contribution < 1.29 is 4.79 Å². The molecule has 0 aliphatic carbocycles. The predicted octanol–water partition coefficient (Wildman–Crippen LogP) is 2.15. The minimum Gasteiger partial charge on any atom is -0.351 e. The number of aromatic nitrogens is 3. The van der Waals surface area contributed by atoms with Gasteiger partial charge >= 0.3 is 0 Å². The molecule has 2 rings (SSSR count). The molecule has 0 saturated carbocycles. The molecule has 0 spiro atoms. The summed E-state index contributed by atoms with van der Waals surface area (Å²) >= 11 is 0. The van der Waals surface area contributed by atoms with Crippen LogP contribution in [-0.2, 0) is 0 Å². The molecule has 0 aromatic carbocycles. The number of rotatable bonds is 6. The largest absolute Gasteiger partial charge is 0.351 e. The Morgan fingerprint density at radius 3 is 2.77 bits per heavy atom. The summed E-state index contributed by atoms with van der Waals surface area (Å²) in [5.74, 6) is -0.115. The molecular weight excluding hydrogens is 278 g/mol. The summed E-state index contributed by atoms with van der Waals surface area (Å²) in [6.07, 6.45) is 7.17. The quantitative estimate of drug-likeness (QED) is 0.790. The first-order chi connectivity index (χ1) is 10.5. The van der Waals surface area contributed by atoms with Crippen LogP contribution in [0.3, 0.4) is 0 Å². The van der Waals surface area contributed by atoms with Crippen molar-refractivity contribution in [1.82, 2.24) is 25.6 Å². The smallest absolute Gasteiger partial charge is 0.273 e. The number of nitrogens with one attached hydrogen (secondary N) is 2. The monoisotopic (exact) mass is 307 g/mol. The molecule has 0 atom stereocenters. The van der Waals surface area contributed by atoms with Crippen molar-refractivity contribution in [1.29, 1.82) is 0 Å². The second-order valence-corrected chi connectivity index (χ2v) is 7.34. The van der Waals surface area contributed by atoms with Crippen molar-refractivity contribution >= 4 is 5.91 Å². The van der Waals surface area contributed by atoms with E-state index in [0.29, 0.717) is 23.7 Å². The van der Waals surface area contributed by atoms with Crippen LogP contribution in [0.1, 0.15) is 69.4 Å². The average Bonchev–Trinajstić information content (AvgIpc) is 2.96. The lowest BCUT2D eigenvalue weighted by molar-refractivity contribution is 0.0947. The molecule has 2 heterocycles. The Balaban J connectivity index is 1.72. The Morgan fingerprint density at radius 1 is 1.36 bits per heavy atom. The number of unbranched alkanes of at least 4 members (excludes halogenated alkanes) is 1. The zero-order valence-electron chi connectivity index (χ0n) is 14.1. The molecule has 1 aromatic heterocycles. The summed E-state index contributed by atoms with van der Waals surface area (Å²) in [6, 6.07) is 0.363. The van der Waals surface area contributed by atoms with E-state index in [0.717, 1.165) is 38.8 Å². The normalized spacial score (nSPS) is 16.7. The van der Waals surface area contributed by atoms with Gasteiger partial charge in [-0.25, -0.2) is 4.68 Å². The maximum Gasteiger partial charge on any atom is 0.273 e. The summed E-state index contributed by atoms with van der Waals surface area (Å²) in [5, 5.41) is 14.4. The Morgan fingerprint density at radius 2 is 2.09 bits per heavy atom. The number of hydrogen-bond acceptors (Lipinski definition) is 4. The predicted molar refractivity (Wildman–Crippen MR) is 86.8 cm³/mol. The molecule has 0 radical (unpaired) electrons. The highest BCUT2D eigenvalue weighted by Gasteiger charge is 2.18. The summed E-state index contributed by atoms with van der Waals surface area (Å²) in [7, 11) is 0. The summed E-state index contributed by atoms with van der Waals surface area (Å²) < 4.78 is 1.84. The highest BCUT2D eigenvalue weighted by atomic mass is 16.2. The Bertz CT molecular complexity index is 471. The van der Waals surface area contributed by atoms with Crippen LogP contribution in [0.15, 0.2) is 6.20 Å². The van der Waals surface area contributed by atoms with Crippen LogP contribution in [0.25, 0.3) is 0 Å². The molecule has 1 amide bonds. The highest BCUT2D eigenvalue weighted by molar-refractivity contribution is 5.91. The van der Waals surface area contributed by atoms with Gasteiger partial charge in [0, 0.05) is 6.54 Å². The number of carbonyl (C=O) groups is 1. The number of carbonyl (C=O) groups excluding carboxylic acids is 1. The van der Waals surface area contributed by atoms with E-state index in [1.54, 1.807) is 6.20 Å². The topological polar surface area (TPSA) is 71.8 Å². The van der Waals surface area contributed by atoms with Gasteiger partial charge in [-0.3, -0.25) is 4.79 Å². The zero-order chi connectivity index (χ0) is 16.0. The standard InChI is InChI=1S/C16H29N5O/c1-16(2,3)8-4-5-9-18-15(22)14-12-21(20-19-14)13-6-10-17-11-7-13/h12-13,17H,4-11H2,1-3H3,(H,18,22). The van der Waals surface area contributed by atoms with E-state index >= 15 is 0 Å². The van der Waals surface area contributed by atoms with Gasteiger partial charge in [0.05, 0.1) is 12.2 Å². The van der Waals surface area contributed by atoms with Crippen molar-refractivity contribution in [2.75, 3.05) is 19.6 Å². The molecular formula is C16H29N5O. The maximum atomic E-state index is 12.1. The molecule has 124 valence electrons. The van der Waals surface area contributed by atoms with E-state index in [2.05, 4.69) is 41.7 Å². The molecule has 6 heteroatoms. The van der Waals surface area contributed by atoms with E-state index in [1.165, 1.54) is 6.42 Å². The van der Waals surface area contributed by atoms with Gasteiger partial charge in [-0.15, -0.1) is 5.10 Å². The third kappa shape index (κ3) is 5.40. The lowest BCUT2D eigenvalue weighted by atomic mass is 9.90. The molecule has 1 saturated heterocycles. The molecule has 6 nitrogen and oxygen atoms in total. The molecule has 22 heavy (non-hydrogen) atoms. The third-order valence-electron chi connectivity index (χ3n) is 4.06. The van der Waals surface area contributed by atoms with Gasteiger partial charge in [0.2, 0.25) is 0 Å². The van der Waals surface area contributed by atoms with Gasteiger partial charge < -0.3 is 10.6 Å². The zero-order valence-corrected chi connectivity index (χ0v) is 14.1. The van der Waals surface area contributed by atoms with Crippen LogP contribution in [0, 0.1) is 5.41 Å². The molecule has 1 aliphatic heterocycles. The first-order valence-electron chi connectivity index (χ1n) is 8.36. The minimum absolute atomic E-state index is 0.115. The fourth-order valence-electron chi connectivity index (χ4n) is 2.70. The lowest BCUT2D eigenvalue weighted by Gasteiger charge is -2.22. The molecule has 1 aliphatic rings. The average molecular weight is 307 g/mol. The molecule has 1 aromatic rings. The Kier molecular flexibility index (Phi) is 5.94. The molecule has 2 N–H and O–H groups in total. The summed E-state index contributed by atoms with van der Waals surface area (Å²) in [6.45, 7) is 9.43.